The SMILES string of the molecule is CCCCCCCC1COB(c2c(Cl)cc(CCC)cc2Cl)OC1. The van der Waals surface area contributed by atoms with Crippen LogP contribution in [0.2, 0.25) is 10.0 Å². The largest absolute Gasteiger partial charge is 0.496 e. The Balaban J connectivity index is 1.84. The average Bonchev–Trinajstić information content (AvgIpc) is 2.56. The van der Waals surface area contributed by atoms with Crippen molar-refractivity contribution < 1.29 is 9.31 Å². The summed E-state index contributed by atoms with van der Waals surface area (Å²) in [6.45, 7) is 5.84. The highest BCUT2D eigenvalue weighted by atomic mass is 35.5. The third kappa shape index (κ3) is 5.95. The number of rotatable bonds is 9. The van der Waals surface area contributed by atoms with Gasteiger partial charge in [-0.2, -0.15) is 0 Å². The fourth-order valence-electron chi connectivity index (χ4n) is 3.21. The fraction of sp³-hybridized carbons (Fsp3) is 0.684. The quantitative estimate of drug-likeness (QED) is 0.412. The van der Waals surface area contributed by atoms with Crippen molar-refractivity contribution >= 4 is 35.8 Å². The van der Waals surface area contributed by atoms with E-state index < -0.39 is 7.12 Å². The molecule has 0 aromatic heterocycles. The minimum Gasteiger partial charge on any atom is -0.407 e. The lowest BCUT2D eigenvalue weighted by atomic mass is 9.76. The zero-order valence-electron chi connectivity index (χ0n) is 15.0. The van der Waals surface area contributed by atoms with Crippen LogP contribution in [-0.2, 0) is 15.7 Å². The van der Waals surface area contributed by atoms with Crippen molar-refractivity contribution in [2.24, 2.45) is 5.92 Å². The van der Waals surface area contributed by atoms with Gasteiger partial charge in [0.25, 0.3) is 0 Å². The molecule has 0 atom stereocenters. The zero-order chi connectivity index (χ0) is 17.4. The van der Waals surface area contributed by atoms with Crippen molar-refractivity contribution in [3.8, 4) is 0 Å². The summed E-state index contributed by atoms with van der Waals surface area (Å²) in [6, 6.07) is 3.97. The van der Waals surface area contributed by atoms with Gasteiger partial charge in [0.05, 0.1) is 0 Å². The fourth-order valence-corrected chi connectivity index (χ4v) is 3.92. The van der Waals surface area contributed by atoms with Gasteiger partial charge in [0, 0.05) is 34.6 Å². The minimum absolute atomic E-state index is 0.433. The maximum Gasteiger partial charge on any atom is 0.496 e. The van der Waals surface area contributed by atoms with Crippen molar-refractivity contribution in [1.29, 1.82) is 0 Å². The van der Waals surface area contributed by atoms with Crippen molar-refractivity contribution in [1.82, 2.24) is 0 Å². The maximum absolute atomic E-state index is 6.43. The summed E-state index contributed by atoms with van der Waals surface area (Å²) in [7, 11) is -0.433. The topological polar surface area (TPSA) is 18.5 Å². The number of benzene rings is 1. The number of hydrogen-bond acceptors (Lipinski definition) is 2. The van der Waals surface area contributed by atoms with Gasteiger partial charge in [-0.25, -0.2) is 0 Å². The minimum atomic E-state index is -0.433. The second-order valence-corrected chi connectivity index (χ2v) is 7.61. The van der Waals surface area contributed by atoms with Crippen LogP contribution < -0.4 is 5.46 Å². The number of hydrogen-bond donors (Lipinski definition) is 0. The third-order valence-electron chi connectivity index (χ3n) is 4.60. The maximum atomic E-state index is 6.43. The smallest absolute Gasteiger partial charge is 0.407 e. The van der Waals surface area contributed by atoms with Crippen molar-refractivity contribution in [3.63, 3.8) is 0 Å². The molecule has 1 fully saturated rings. The number of aryl methyl sites for hydroxylation is 1. The van der Waals surface area contributed by atoms with E-state index in [1.165, 1.54) is 38.5 Å². The summed E-state index contributed by atoms with van der Waals surface area (Å²) >= 11 is 12.9. The molecule has 0 bridgehead atoms. The van der Waals surface area contributed by atoms with Gasteiger partial charge in [0.15, 0.2) is 0 Å². The zero-order valence-corrected chi connectivity index (χ0v) is 16.5. The summed E-state index contributed by atoms with van der Waals surface area (Å²) < 4.78 is 11.9. The molecule has 1 aromatic carbocycles. The molecule has 134 valence electrons. The second-order valence-electron chi connectivity index (χ2n) is 6.79. The first kappa shape index (κ1) is 20.1. The molecule has 2 rings (SSSR count). The molecule has 0 amide bonds. The van der Waals surface area contributed by atoms with Gasteiger partial charge in [0.2, 0.25) is 0 Å². The molecule has 0 spiro atoms. The molecule has 5 heteroatoms. The summed E-state index contributed by atoms with van der Waals surface area (Å²) in [5, 5.41) is 1.29. The molecule has 1 heterocycles. The van der Waals surface area contributed by atoms with Crippen molar-refractivity contribution in [2.75, 3.05) is 13.2 Å². The highest BCUT2D eigenvalue weighted by Crippen LogP contribution is 2.23. The molecular formula is C19H29BCl2O2. The predicted molar refractivity (Wildman–Crippen MR) is 105 cm³/mol. The van der Waals surface area contributed by atoms with Crippen LogP contribution in [0.5, 0.6) is 0 Å². The average molecular weight is 371 g/mol. The van der Waals surface area contributed by atoms with Gasteiger partial charge >= 0.3 is 7.12 Å². The van der Waals surface area contributed by atoms with Gasteiger partial charge < -0.3 is 9.31 Å². The lowest BCUT2D eigenvalue weighted by Crippen LogP contribution is -2.45. The van der Waals surface area contributed by atoms with Gasteiger partial charge in [-0.15, -0.1) is 0 Å². The lowest BCUT2D eigenvalue weighted by Gasteiger charge is -2.28. The summed E-state index contributed by atoms with van der Waals surface area (Å²) in [6.07, 6.45) is 9.76. The van der Waals surface area contributed by atoms with Gasteiger partial charge in [-0.3, -0.25) is 0 Å². The van der Waals surface area contributed by atoms with Crippen molar-refractivity contribution in [3.05, 3.63) is 27.7 Å². The molecule has 1 saturated heterocycles. The van der Waals surface area contributed by atoms with E-state index in [4.69, 9.17) is 32.5 Å². The Kier molecular flexibility index (Phi) is 8.96. The van der Waals surface area contributed by atoms with Crippen LogP contribution in [0.4, 0.5) is 0 Å². The Labute approximate surface area is 157 Å². The van der Waals surface area contributed by atoms with E-state index in [9.17, 15) is 0 Å². The summed E-state index contributed by atoms with van der Waals surface area (Å²) in [5.74, 6) is 0.486. The lowest BCUT2D eigenvalue weighted by molar-refractivity contribution is 0.0810. The van der Waals surface area contributed by atoms with E-state index in [-0.39, 0.29) is 0 Å². The molecule has 1 aromatic rings. The van der Waals surface area contributed by atoms with Gasteiger partial charge in [-0.1, -0.05) is 75.6 Å². The van der Waals surface area contributed by atoms with E-state index in [1.54, 1.807) is 0 Å². The molecule has 0 aliphatic carbocycles. The third-order valence-corrected chi connectivity index (χ3v) is 5.22. The van der Waals surface area contributed by atoms with E-state index in [0.717, 1.165) is 37.1 Å². The first-order valence-corrected chi connectivity index (χ1v) is 10.1. The van der Waals surface area contributed by atoms with Crippen LogP contribution >= 0.6 is 23.2 Å². The number of halogens is 2. The molecule has 1 aliphatic rings. The van der Waals surface area contributed by atoms with Crippen molar-refractivity contribution in [2.45, 2.75) is 65.2 Å². The Morgan fingerprint density at radius 1 is 0.958 bits per heavy atom. The number of unbranched alkanes of at least 4 members (excludes halogenated alkanes) is 4. The Morgan fingerprint density at radius 2 is 1.58 bits per heavy atom. The van der Waals surface area contributed by atoms with Crippen LogP contribution in [0.15, 0.2) is 12.1 Å². The first-order chi connectivity index (χ1) is 11.7. The Morgan fingerprint density at radius 3 is 2.17 bits per heavy atom. The van der Waals surface area contributed by atoms with Crippen LogP contribution in [0.25, 0.3) is 0 Å². The molecule has 0 saturated carbocycles. The van der Waals surface area contributed by atoms with E-state index >= 15 is 0 Å². The normalized spacial score (nSPS) is 15.9. The highest BCUT2D eigenvalue weighted by Gasteiger charge is 2.32. The predicted octanol–water partition coefficient (Wildman–Crippen LogP) is 5.66. The Hall–Kier alpha value is -0.215. The van der Waals surface area contributed by atoms with Crippen LogP contribution in [0.1, 0.15) is 64.4 Å². The van der Waals surface area contributed by atoms with Crippen LogP contribution in [0, 0.1) is 5.92 Å². The van der Waals surface area contributed by atoms with Gasteiger partial charge in [0.1, 0.15) is 0 Å². The first-order valence-electron chi connectivity index (χ1n) is 9.36. The highest BCUT2D eigenvalue weighted by molar-refractivity contribution is 6.68. The molecule has 0 radical (unpaired) electrons. The van der Waals surface area contributed by atoms with E-state index in [0.29, 0.717) is 16.0 Å². The van der Waals surface area contributed by atoms with Crippen LogP contribution in [0.3, 0.4) is 0 Å². The summed E-state index contributed by atoms with van der Waals surface area (Å²) in [4.78, 5) is 0. The second kappa shape index (κ2) is 10.7. The van der Waals surface area contributed by atoms with Crippen LogP contribution in [-0.4, -0.2) is 20.3 Å². The molecule has 24 heavy (non-hydrogen) atoms. The molecule has 2 nitrogen and oxygen atoms in total. The molecule has 0 N–H and O–H groups in total. The van der Waals surface area contributed by atoms with Gasteiger partial charge in [-0.05, 0) is 30.5 Å². The molecule has 1 aliphatic heterocycles. The molecule has 0 unspecified atom stereocenters. The van der Waals surface area contributed by atoms with E-state index in [2.05, 4.69) is 13.8 Å². The monoisotopic (exact) mass is 370 g/mol. The standard InChI is InChI=1S/C19H29BCl2O2/c1-3-5-6-7-8-10-16-13-23-20(24-14-16)19-17(21)11-15(9-4-2)12-18(19)22/h11-12,16H,3-10,13-14H2,1-2H3. The van der Waals surface area contributed by atoms with E-state index in [1.807, 2.05) is 12.1 Å². The Bertz CT molecular complexity index is 479. The molecular weight excluding hydrogens is 342 g/mol. The summed E-state index contributed by atoms with van der Waals surface area (Å²) in [5.41, 5.74) is 1.94.